The molecule has 0 fully saturated rings. The Bertz CT molecular complexity index is 403. The van der Waals surface area contributed by atoms with Crippen LogP contribution in [0.25, 0.3) is 0 Å². The van der Waals surface area contributed by atoms with Crippen molar-refractivity contribution in [2.45, 2.75) is 51.4 Å². The normalized spacial score (nSPS) is 10.2. The third-order valence-corrected chi connectivity index (χ3v) is 3.31. The highest BCUT2D eigenvalue weighted by Crippen LogP contribution is 2.09. The number of aldehydes is 1. The Morgan fingerprint density at radius 2 is 1.59 bits per heavy atom. The van der Waals surface area contributed by atoms with Gasteiger partial charge in [-0.15, -0.1) is 0 Å². The molecular weight excluding hydrogens is 280 g/mol. The summed E-state index contributed by atoms with van der Waals surface area (Å²) in [6.45, 7) is 0.673. The summed E-state index contributed by atoms with van der Waals surface area (Å²) in [5, 5.41) is 0. The van der Waals surface area contributed by atoms with Crippen LogP contribution >= 0.6 is 0 Å². The molecule has 1 aromatic rings. The second-order valence-electron chi connectivity index (χ2n) is 5.21. The Morgan fingerprint density at radius 3 is 2.32 bits per heavy atom. The van der Waals surface area contributed by atoms with Crippen LogP contribution in [0.1, 0.15) is 51.4 Å². The summed E-state index contributed by atoms with van der Waals surface area (Å²) >= 11 is 0. The zero-order valence-corrected chi connectivity index (χ0v) is 13.2. The summed E-state index contributed by atoms with van der Waals surface area (Å²) in [5.41, 5.74) is 0. The number of esters is 1. The van der Waals surface area contributed by atoms with E-state index >= 15 is 0 Å². The summed E-state index contributed by atoms with van der Waals surface area (Å²) in [6.07, 6.45) is 8.33. The molecule has 0 radical (unpaired) electrons. The molecule has 0 unspecified atom stereocenters. The molecule has 0 bridgehead atoms. The van der Waals surface area contributed by atoms with Gasteiger partial charge in [0.1, 0.15) is 25.2 Å². The second kappa shape index (κ2) is 12.9. The molecule has 0 heterocycles. The molecule has 0 aliphatic rings. The summed E-state index contributed by atoms with van der Waals surface area (Å²) in [7, 11) is 0. The highest BCUT2D eigenvalue weighted by molar-refractivity contribution is 5.69. The summed E-state index contributed by atoms with van der Waals surface area (Å²) in [4.78, 5) is 21.7. The Kier molecular flexibility index (Phi) is 10.7. The molecule has 0 aromatic heterocycles. The van der Waals surface area contributed by atoms with Gasteiger partial charge in [0.2, 0.25) is 0 Å². The van der Waals surface area contributed by atoms with Crippen LogP contribution in [0.3, 0.4) is 0 Å². The number of para-hydroxylation sites is 1. The average molecular weight is 306 g/mol. The third kappa shape index (κ3) is 9.97. The fourth-order valence-corrected chi connectivity index (χ4v) is 2.11. The molecular formula is C18H26O4. The first-order valence-electron chi connectivity index (χ1n) is 8.10. The molecule has 0 N–H and O–H groups in total. The monoisotopic (exact) mass is 306 g/mol. The van der Waals surface area contributed by atoms with Gasteiger partial charge in [0.25, 0.3) is 0 Å². The highest BCUT2D eigenvalue weighted by Gasteiger charge is 2.02. The maximum absolute atomic E-state index is 11.5. The van der Waals surface area contributed by atoms with E-state index in [0.717, 1.165) is 50.6 Å². The Labute approximate surface area is 132 Å². The Balaban J connectivity index is 1.88. The van der Waals surface area contributed by atoms with E-state index in [1.165, 1.54) is 0 Å². The number of carbonyl (C=O) groups is 2. The molecule has 122 valence electrons. The van der Waals surface area contributed by atoms with Gasteiger partial charge >= 0.3 is 5.97 Å². The van der Waals surface area contributed by atoms with E-state index in [1.54, 1.807) is 0 Å². The highest BCUT2D eigenvalue weighted by atomic mass is 16.6. The van der Waals surface area contributed by atoms with Crippen LogP contribution in [-0.2, 0) is 14.3 Å². The molecule has 4 heteroatoms. The van der Waals surface area contributed by atoms with Crippen LogP contribution in [0, 0.1) is 0 Å². The third-order valence-electron chi connectivity index (χ3n) is 3.31. The number of rotatable bonds is 13. The quantitative estimate of drug-likeness (QED) is 0.315. The van der Waals surface area contributed by atoms with Crippen LogP contribution in [0.5, 0.6) is 5.75 Å². The molecule has 0 spiro atoms. The van der Waals surface area contributed by atoms with E-state index in [9.17, 15) is 9.59 Å². The van der Waals surface area contributed by atoms with Crippen molar-refractivity contribution in [3.8, 4) is 5.75 Å². The van der Waals surface area contributed by atoms with Crippen molar-refractivity contribution in [1.82, 2.24) is 0 Å². The van der Waals surface area contributed by atoms with Gasteiger partial charge in [-0.3, -0.25) is 4.79 Å². The topological polar surface area (TPSA) is 52.6 Å². The van der Waals surface area contributed by atoms with Gasteiger partial charge in [-0.2, -0.15) is 0 Å². The van der Waals surface area contributed by atoms with Crippen molar-refractivity contribution >= 4 is 12.3 Å². The maximum atomic E-state index is 11.5. The molecule has 4 nitrogen and oxygen atoms in total. The van der Waals surface area contributed by atoms with Gasteiger partial charge in [0.05, 0.1) is 0 Å². The van der Waals surface area contributed by atoms with Gasteiger partial charge < -0.3 is 14.3 Å². The Hall–Kier alpha value is -1.84. The van der Waals surface area contributed by atoms with Crippen molar-refractivity contribution in [1.29, 1.82) is 0 Å². The first-order chi connectivity index (χ1) is 10.8. The summed E-state index contributed by atoms with van der Waals surface area (Å²) in [6, 6.07) is 9.48. The van der Waals surface area contributed by atoms with Crippen molar-refractivity contribution in [3.05, 3.63) is 30.3 Å². The van der Waals surface area contributed by atoms with E-state index in [1.807, 2.05) is 30.3 Å². The number of hydrogen-bond donors (Lipinski definition) is 0. The van der Waals surface area contributed by atoms with Crippen molar-refractivity contribution in [2.24, 2.45) is 0 Å². The number of hydrogen-bond acceptors (Lipinski definition) is 4. The lowest BCUT2D eigenvalue weighted by molar-refractivity contribution is -0.144. The number of unbranched alkanes of at least 4 members (excludes halogenated alkanes) is 6. The summed E-state index contributed by atoms with van der Waals surface area (Å²) in [5.74, 6) is 0.630. The molecule has 1 aromatic carbocycles. The number of ether oxygens (including phenoxy) is 2. The van der Waals surface area contributed by atoms with Crippen LogP contribution in [0.2, 0.25) is 0 Å². The molecule has 0 saturated heterocycles. The predicted molar refractivity (Wildman–Crippen MR) is 85.9 cm³/mol. The maximum Gasteiger partial charge on any atom is 0.305 e. The fourth-order valence-electron chi connectivity index (χ4n) is 2.11. The lowest BCUT2D eigenvalue weighted by Crippen LogP contribution is -2.11. The van der Waals surface area contributed by atoms with E-state index in [4.69, 9.17) is 9.47 Å². The minimum absolute atomic E-state index is 0.155. The standard InChI is InChI=1S/C18H26O4/c19-14-10-5-3-1-2-4-9-13-18(20)22-16-15-21-17-11-7-6-8-12-17/h6-8,11-12,14H,1-5,9-10,13,15-16H2. The van der Waals surface area contributed by atoms with E-state index in [-0.39, 0.29) is 5.97 Å². The van der Waals surface area contributed by atoms with E-state index < -0.39 is 0 Å². The second-order valence-corrected chi connectivity index (χ2v) is 5.21. The zero-order chi connectivity index (χ0) is 15.9. The van der Waals surface area contributed by atoms with Gasteiger partial charge in [0, 0.05) is 12.8 Å². The van der Waals surface area contributed by atoms with Crippen molar-refractivity contribution in [2.75, 3.05) is 13.2 Å². The lowest BCUT2D eigenvalue weighted by Gasteiger charge is -2.07. The largest absolute Gasteiger partial charge is 0.490 e. The molecule has 0 saturated carbocycles. The number of carbonyl (C=O) groups excluding carboxylic acids is 2. The number of benzene rings is 1. The molecule has 22 heavy (non-hydrogen) atoms. The molecule has 0 amide bonds. The SMILES string of the molecule is O=CCCCCCCCCC(=O)OCCOc1ccccc1. The van der Waals surface area contributed by atoms with Crippen LogP contribution in [0.15, 0.2) is 30.3 Å². The van der Waals surface area contributed by atoms with Crippen LogP contribution < -0.4 is 4.74 Å². The molecule has 0 aliphatic heterocycles. The minimum atomic E-state index is -0.155. The van der Waals surface area contributed by atoms with Gasteiger partial charge in [-0.1, -0.05) is 43.9 Å². The van der Waals surface area contributed by atoms with Gasteiger partial charge in [0.15, 0.2) is 0 Å². The minimum Gasteiger partial charge on any atom is -0.490 e. The smallest absolute Gasteiger partial charge is 0.305 e. The lowest BCUT2D eigenvalue weighted by atomic mass is 10.1. The van der Waals surface area contributed by atoms with Crippen molar-refractivity contribution in [3.63, 3.8) is 0 Å². The molecule has 1 rings (SSSR count). The fraction of sp³-hybridized carbons (Fsp3) is 0.556. The van der Waals surface area contributed by atoms with Crippen molar-refractivity contribution < 1.29 is 19.1 Å². The molecule has 0 aliphatic carbocycles. The first kappa shape index (κ1) is 18.2. The van der Waals surface area contributed by atoms with Crippen LogP contribution in [-0.4, -0.2) is 25.5 Å². The predicted octanol–water partition coefficient (Wildman–Crippen LogP) is 3.93. The van der Waals surface area contributed by atoms with E-state index in [0.29, 0.717) is 26.1 Å². The molecule has 0 atom stereocenters. The van der Waals surface area contributed by atoms with Gasteiger partial charge in [-0.25, -0.2) is 0 Å². The van der Waals surface area contributed by atoms with E-state index in [2.05, 4.69) is 0 Å². The Morgan fingerprint density at radius 1 is 0.909 bits per heavy atom. The summed E-state index contributed by atoms with van der Waals surface area (Å²) < 4.78 is 10.6. The zero-order valence-electron chi connectivity index (χ0n) is 13.2. The average Bonchev–Trinajstić information content (AvgIpc) is 2.55. The van der Waals surface area contributed by atoms with Crippen LogP contribution in [0.4, 0.5) is 0 Å². The van der Waals surface area contributed by atoms with Gasteiger partial charge in [-0.05, 0) is 25.0 Å². The first-order valence-corrected chi connectivity index (χ1v) is 8.10.